The summed E-state index contributed by atoms with van der Waals surface area (Å²) in [5.41, 5.74) is 6.42. The van der Waals surface area contributed by atoms with Crippen LogP contribution >= 0.6 is 23.4 Å². The minimum atomic E-state index is -0.231. The van der Waals surface area contributed by atoms with E-state index >= 15 is 0 Å². The summed E-state index contributed by atoms with van der Waals surface area (Å²) in [5.74, 6) is 0.602. The van der Waals surface area contributed by atoms with Crippen LogP contribution in [0.3, 0.4) is 0 Å². The maximum Gasteiger partial charge on any atom is 0.250 e. The van der Waals surface area contributed by atoms with Gasteiger partial charge in [0.2, 0.25) is 0 Å². The lowest BCUT2D eigenvalue weighted by Gasteiger charge is -2.10. The first-order valence-electron chi connectivity index (χ1n) is 9.88. The van der Waals surface area contributed by atoms with E-state index in [1.54, 1.807) is 6.21 Å². The van der Waals surface area contributed by atoms with E-state index in [9.17, 15) is 4.79 Å². The molecule has 1 aromatic heterocycles. The van der Waals surface area contributed by atoms with Crippen LogP contribution in [0.15, 0.2) is 89.1 Å². The number of thioether (sulfide) groups is 1. The van der Waals surface area contributed by atoms with E-state index in [0.717, 1.165) is 16.8 Å². The number of carbonyl (C=O) groups excluding carboxylic acids is 1. The highest BCUT2D eigenvalue weighted by Gasteiger charge is 2.17. The molecule has 1 heterocycles. The summed E-state index contributed by atoms with van der Waals surface area (Å²) in [7, 11) is 0. The van der Waals surface area contributed by atoms with Gasteiger partial charge in [0.25, 0.3) is 5.91 Å². The van der Waals surface area contributed by atoms with Gasteiger partial charge >= 0.3 is 0 Å². The summed E-state index contributed by atoms with van der Waals surface area (Å²) in [6.45, 7) is 2.02. The van der Waals surface area contributed by atoms with Gasteiger partial charge in [-0.15, -0.1) is 10.2 Å². The molecule has 0 fully saturated rings. The Morgan fingerprint density at radius 3 is 2.47 bits per heavy atom. The maximum atomic E-state index is 12.3. The number of halogens is 1. The third kappa shape index (κ3) is 5.43. The topological polar surface area (TPSA) is 72.2 Å². The Balaban J connectivity index is 1.49. The van der Waals surface area contributed by atoms with Crippen molar-refractivity contribution in [1.82, 2.24) is 20.2 Å². The van der Waals surface area contributed by atoms with E-state index in [-0.39, 0.29) is 11.7 Å². The standard InChI is InChI=1S/C24H20ClN5OS/c1-17-7-9-18(10-8-17)15-26-27-22(31)16-32-24-29-28-23(19-5-3-2-4-6-19)30(24)21-13-11-20(25)12-14-21/h2-15H,16H2,1H3,(H,27,31)/b26-15-. The molecule has 3 aromatic carbocycles. The predicted octanol–water partition coefficient (Wildman–Crippen LogP) is 5.14. The number of hydrogen-bond acceptors (Lipinski definition) is 5. The van der Waals surface area contributed by atoms with Crippen LogP contribution < -0.4 is 5.43 Å². The Morgan fingerprint density at radius 1 is 1.03 bits per heavy atom. The predicted molar refractivity (Wildman–Crippen MR) is 129 cm³/mol. The van der Waals surface area contributed by atoms with Crippen LogP contribution in [0.1, 0.15) is 11.1 Å². The first-order chi connectivity index (χ1) is 15.6. The number of nitrogens with zero attached hydrogens (tertiary/aromatic N) is 4. The molecule has 8 heteroatoms. The van der Waals surface area contributed by atoms with Crippen molar-refractivity contribution in [2.75, 3.05) is 5.75 Å². The van der Waals surface area contributed by atoms with Gasteiger partial charge in [0.05, 0.1) is 12.0 Å². The molecule has 0 atom stereocenters. The van der Waals surface area contributed by atoms with Crippen molar-refractivity contribution in [1.29, 1.82) is 0 Å². The Morgan fingerprint density at radius 2 is 1.75 bits per heavy atom. The Bertz CT molecular complexity index is 1220. The molecule has 1 N–H and O–H groups in total. The molecule has 0 radical (unpaired) electrons. The van der Waals surface area contributed by atoms with Gasteiger partial charge in [-0.3, -0.25) is 9.36 Å². The van der Waals surface area contributed by atoms with Crippen LogP contribution in [0, 0.1) is 6.92 Å². The maximum absolute atomic E-state index is 12.3. The summed E-state index contributed by atoms with van der Waals surface area (Å²) in [4.78, 5) is 12.3. The second-order valence-corrected chi connectivity index (χ2v) is 8.36. The van der Waals surface area contributed by atoms with Crippen LogP contribution in [0.5, 0.6) is 0 Å². The highest BCUT2D eigenvalue weighted by molar-refractivity contribution is 7.99. The molecule has 32 heavy (non-hydrogen) atoms. The van der Waals surface area contributed by atoms with E-state index in [4.69, 9.17) is 11.6 Å². The van der Waals surface area contributed by atoms with Gasteiger partial charge in [0.15, 0.2) is 11.0 Å². The largest absolute Gasteiger partial charge is 0.272 e. The zero-order valence-electron chi connectivity index (χ0n) is 17.3. The average molecular weight is 462 g/mol. The van der Waals surface area contributed by atoms with Crippen molar-refractivity contribution in [3.05, 3.63) is 95.0 Å². The molecule has 4 aromatic rings. The Kier molecular flexibility index (Phi) is 6.99. The van der Waals surface area contributed by atoms with Gasteiger partial charge < -0.3 is 0 Å². The van der Waals surface area contributed by atoms with Crippen molar-refractivity contribution < 1.29 is 4.79 Å². The van der Waals surface area contributed by atoms with Crippen molar-refractivity contribution in [2.24, 2.45) is 5.10 Å². The Labute approximate surface area is 195 Å². The van der Waals surface area contributed by atoms with E-state index < -0.39 is 0 Å². The molecule has 0 bridgehead atoms. The molecule has 0 unspecified atom stereocenters. The SMILES string of the molecule is Cc1ccc(/C=N\NC(=O)CSc2nnc(-c3ccccc3)n2-c2ccc(Cl)cc2)cc1. The number of rotatable bonds is 7. The molecule has 0 saturated carbocycles. The highest BCUT2D eigenvalue weighted by Crippen LogP contribution is 2.28. The molecule has 6 nitrogen and oxygen atoms in total. The fourth-order valence-corrected chi connectivity index (χ4v) is 3.82. The molecule has 0 saturated heterocycles. The lowest BCUT2D eigenvalue weighted by atomic mass is 10.2. The number of benzene rings is 3. The summed E-state index contributed by atoms with van der Waals surface area (Å²) in [5, 5.41) is 14.0. The molecule has 0 aliphatic heterocycles. The molecular formula is C24H20ClN5OS. The fourth-order valence-electron chi connectivity index (χ4n) is 2.95. The molecule has 0 aliphatic carbocycles. The van der Waals surface area contributed by atoms with Crippen molar-refractivity contribution in [3.8, 4) is 17.1 Å². The normalized spacial score (nSPS) is 11.1. The van der Waals surface area contributed by atoms with Gasteiger partial charge in [0, 0.05) is 16.3 Å². The zero-order valence-corrected chi connectivity index (χ0v) is 18.8. The summed E-state index contributed by atoms with van der Waals surface area (Å²) in [6.07, 6.45) is 1.62. The monoisotopic (exact) mass is 461 g/mol. The first-order valence-corrected chi connectivity index (χ1v) is 11.2. The van der Waals surface area contributed by atoms with E-state index in [2.05, 4.69) is 20.7 Å². The van der Waals surface area contributed by atoms with Gasteiger partial charge in [-0.1, -0.05) is 83.5 Å². The van der Waals surface area contributed by atoms with Gasteiger partial charge in [-0.2, -0.15) is 5.10 Å². The number of nitrogens with one attached hydrogen (secondary N) is 1. The minimum absolute atomic E-state index is 0.145. The van der Waals surface area contributed by atoms with E-state index in [1.807, 2.05) is 90.4 Å². The number of carbonyl (C=O) groups is 1. The van der Waals surface area contributed by atoms with Crippen LogP contribution in [-0.2, 0) is 4.79 Å². The van der Waals surface area contributed by atoms with Gasteiger partial charge in [-0.25, -0.2) is 5.43 Å². The fraction of sp³-hybridized carbons (Fsp3) is 0.0833. The number of aromatic nitrogens is 3. The zero-order chi connectivity index (χ0) is 22.3. The van der Waals surface area contributed by atoms with Crippen molar-refractivity contribution in [3.63, 3.8) is 0 Å². The number of hydrogen-bond donors (Lipinski definition) is 1. The smallest absolute Gasteiger partial charge is 0.250 e. The number of amides is 1. The van der Waals surface area contributed by atoms with Gasteiger partial charge in [0.1, 0.15) is 0 Å². The second-order valence-electron chi connectivity index (χ2n) is 6.98. The summed E-state index contributed by atoms with van der Waals surface area (Å²) < 4.78 is 1.92. The Hall–Kier alpha value is -3.42. The van der Waals surface area contributed by atoms with E-state index in [0.29, 0.717) is 16.0 Å². The number of aryl methyl sites for hydroxylation is 1. The molecule has 0 spiro atoms. The molecule has 160 valence electrons. The third-order valence-corrected chi connectivity index (χ3v) is 5.74. The van der Waals surface area contributed by atoms with Gasteiger partial charge in [-0.05, 0) is 36.8 Å². The van der Waals surface area contributed by atoms with E-state index in [1.165, 1.54) is 17.3 Å². The molecule has 0 aliphatic rings. The lowest BCUT2D eigenvalue weighted by molar-refractivity contribution is -0.118. The number of hydrazone groups is 1. The highest BCUT2D eigenvalue weighted by atomic mass is 35.5. The van der Waals surface area contributed by atoms with Crippen LogP contribution in [0.4, 0.5) is 0 Å². The van der Waals surface area contributed by atoms with Crippen LogP contribution in [0.2, 0.25) is 5.02 Å². The molecular weight excluding hydrogens is 442 g/mol. The molecule has 4 rings (SSSR count). The van der Waals surface area contributed by atoms with Crippen LogP contribution in [-0.4, -0.2) is 32.6 Å². The quantitative estimate of drug-likeness (QED) is 0.235. The second kappa shape index (κ2) is 10.3. The third-order valence-electron chi connectivity index (χ3n) is 4.56. The summed E-state index contributed by atoms with van der Waals surface area (Å²) in [6, 6.07) is 25.1. The van der Waals surface area contributed by atoms with Crippen molar-refractivity contribution in [2.45, 2.75) is 12.1 Å². The van der Waals surface area contributed by atoms with Crippen LogP contribution in [0.25, 0.3) is 17.1 Å². The summed E-state index contributed by atoms with van der Waals surface area (Å²) >= 11 is 7.35. The average Bonchev–Trinajstić information content (AvgIpc) is 3.24. The first kappa shape index (κ1) is 21.8. The minimum Gasteiger partial charge on any atom is -0.272 e. The van der Waals surface area contributed by atoms with Crippen molar-refractivity contribution >= 4 is 35.5 Å². The molecule has 1 amide bonds. The lowest BCUT2D eigenvalue weighted by Crippen LogP contribution is -2.20.